The number of piperazine rings is 1. The minimum absolute atomic E-state index is 0.0167. The van der Waals surface area contributed by atoms with E-state index in [1.54, 1.807) is 17.2 Å². The number of hydrogen-bond acceptors (Lipinski definition) is 9. The monoisotopic (exact) mass is 510 g/mol. The van der Waals surface area contributed by atoms with E-state index in [1.807, 2.05) is 45.9 Å². The molecular formula is C25H30N6O4S. The topological polar surface area (TPSA) is 114 Å². The van der Waals surface area contributed by atoms with Crippen molar-refractivity contribution in [2.75, 3.05) is 31.5 Å². The second kappa shape index (κ2) is 10.6. The summed E-state index contributed by atoms with van der Waals surface area (Å²) < 4.78 is 5.49. The third-order valence-electron chi connectivity index (χ3n) is 5.52. The highest BCUT2D eigenvalue weighted by atomic mass is 32.1. The lowest BCUT2D eigenvalue weighted by atomic mass is 10.1. The van der Waals surface area contributed by atoms with Gasteiger partial charge in [-0.1, -0.05) is 12.1 Å². The van der Waals surface area contributed by atoms with Crippen LogP contribution in [0.4, 0.5) is 21.4 Å². The third kappa shape index (κ3) is 6.76. The zero-order valence-electron chi connectivity index (χ0n) is 20.9. The molecule has 1 fully saturated rings. The minimum Gasteiger partial charge on any atom is -0.444 e. The average molecular weight is 511 g/mol. The maximum absolute atomic E-state index is 12.4. The van der Waals surface area contributed by atoms with Crippen molar-refractivity contribution in [3.05, 3.63) is 63.1 Å². The molecule has 1 aromatic carbocycles. The van der Waals surface area contributed by atoms with Crippen LogP contribution >= 0.6 is 11.3 Å². The Kier molecular flexibility index (Phi) is 7.51. The maximum Gasteiger partial charge on any atom is 0.410 e. The number of ether oxygens (including phenoxy) is 1. The summed E-state index contributed by atoms with van der Waals surface area (Å²) >= 11 is 1.53. The van der Waals surface area contributed by atoms with Gasteiger partial charge in [-0.15, -0.1) is 11.3 Å². The number of aromatic nitrogens is 2. The largest absolute Gasteiger partial charge is 0.444 e. The molecule has 11 heteroatoms. The predicted molar refractivity (Wildman–Crippen MR) is 140 cm³/mol. The molecule has 3 aromatic rings. The van der Waals surface area contributed by atoms with Crippen LogP contribution in [0.5, 0.6) is 0 Å². The molecule has 190 valence electrons. The highest BCUT2D eigenvalue weighted by Gasteiger charge is 2.26. The summed E-state index contributed by atoms with van der Waals surface area (Å²) in [7, 11) is 0. The number of amides is 1. The van der Waals surface area contributed by atoms with Gasteiger partial charge >= 0.3 is 6.09 Å². The van der Waals surface area contributed by atoms with Gasteiger partial charge in [0.15, 0.2) is 5.13 Å². The second-order valence-corrected chi connectivity index (χ2v) is 10.9. The average Bonchev–Trinajstić information content (AvgIpc) is 3.22. The zero-order chi connectivity index (χ0) is 25.9. The number of anilines is 2. The van der Waals surface area contributed by atoms with Gasteiger partial charge in [-0.3, -0.25) is 15.0 Å². The number of nitro groups is 1. The van der Waals surface area contributed by atoms with E-state index in [1.165, 1.54) is 23.5 Å². The summed E-state index contributed by atoms with van der Waals surface area (Å²) in [6, 6.07) is 10.4. The summed E-state index contributed by atoms with van der Waals surface area (Å²) in [5, 5.41) is 15.3. The van der Waals surface area contributed by atoms with Crippen LogP contribution in [0.2, 0.25) is 0 Å². The van der Waals surface area contributed by atoms with Crippen LogP contribution in [0, 0.1) is 17.0 Å². The Morgan fingerprint density at radius 1 is 1.19 bits per heavy atom. The highest BCUT2D eigenvalue weighted by Crippen LogP contribution is 2.28. The molecule has 1 saturated heterocycles. The van der Waals surface area contributed by atoms with Crippen molar-refractivity contribution in [2.24, 2.45) is 0 Å². The molecule has 1 N–H and O–H groups in total. The Hall–Kier alpha value is -3.57. The predicted octanol–water partition coefficient (Wildman–Crippen LogP) is 5.22. The molecule has 10 nitrogen and oxygen atoms in total. The fourth-order valence-corrected chi connectivity index (χ4v) is 4.54. The number of carbonyl (C=O) groups is 1. The Labute approximate surface area is 214 Å². The minimum atomic E-state index is -0.520. The number of nitrogens with one attached hydrogen (secondary N) is 1. The van der Waals surface area contributed by atoms with E-state index < -0.39 is 10.5 Å². The lowest BCUT2D eigenvalue weighted by Crippen LogP contribution is -2.49. The van der Waals surface area contributed by atoms with Crippen LogP contribution in [-0.4, -0.2) is 62.6 Å². The summed E-state index contributed by atoms with van der Waals surface area (Å²) in [5.41, 5.74) is 1.81. The lowest BCUT2D eigenvalue weighted by Gasteiger charge is -2.35. The van der Waals surface area contributed by atoms with Crippen molar-refractivity contribution in [3.8, 4) is 11.3 Å². The maximum atomic E-state index is 12.4. The molecule has 36 heavy (non-hydrogen) atoms. The number of carbonyl (C=O) groups excluding carboxylic acids is 1. The molecule has 0 unspecified atom stereocenters. The fourth-order valence-electron chi connectivity index (χ4n) is 3.86. The SMILES string of the molecule is Cc1cnc(Nc2cc(CN3CCN(C(=O)OC(C)(C)C)CC3)cc(-c3cccc([N+](=O)[O-])c3)n2)s1. The summed E-state index contributed by atoms with van der Waals surface area (Å²) in [6.45, 7) is 10.8. The fraction of sp³-hybridized carbons (Fsp3) is 0.400. The van der Waals surface area contributed by atoms with Gasteiger partial charge in [-0.05, 0) is 45.4 Å². The van der Waals surface area contributed by atoms with E-state index in [9.17, 15) is 14.9 Å². The number of nitrogens with zero attached hydrogens (tertiary/aromatic N) is 5. The quantitative estimate of drug-likeness (QED) is 0.355. The summed E-state index contributed by atoms with van der Waals surface area (Å²) in [4.78, 5) is 37.4. The summed E-state index contributed by atoms with van der Waals surface area (Å²) in [5.74, 6) is 0.621. The molecule has 3 heterocycles. The van der Waals surface area contributed by atoms with Crippen molar-refractivity contribution in [1.29, 1.82) is 0 Å². The Balaban J connectivity index is 1.53. The van der Waals surface area contributed by atoms with Crippen molar-refractivity contribution in [1.82, 2.24) is 19.8 Å². The molecule has 1 aliphatic rings. The van der Waals surface area contributed by atoms with Crippen molar-refractivity contribution < 1.29 is 14.5 Å². The summed E-state index contributed by atoms with van der Waals surface area (Å²) in [6.07, 6.45) is 1.51. The number of thiazole rings is 1. The van der Waals surface area contributed by atoms with E-state index in [2.05, 4.69) is 15.2 Å². The molecular weight excluding hydrogens is 480 g/mol. The van der Waals surface area contributed by atoms with Crippen LogP contribution in [0.1, 0.15) is 31.2 Å². The van der Waals surface area contributed by atoms with Crippen LogP contribution in [0.25, 0.3) is 11.3 Å². The van der Waals surface area contributed by atoms with Crippen LogP contribution in [0.3, 0.4) is 0 Å². The van der Waals surface area contributed by atoms with Crippen LogP contribution in [0.15, 0.2) is 42.6 Å². The molecule has 2 aromatic heterocycles. The Bertz CT molecular complexity index is 1250. The van der Waals surface area contributed by atoms with Gasteiger partial charge in [0, 0.05) is 61.5 Å². The van der Waals surface area contributed by atoms with Gasteiger partial charge in [0.05, 0.1) is 10.6 Å². The number of aryl methyl sites for hydroxylation is 1. The first-order valence-corrected chi connectivity index (χ1v) is 12.5. The Morgan fingerprint density at radius 3 is 2.58 bits per heavy atom. The van der Waals surface area contributed by atoms with Gasteiger partial charge in [0.25, 0.3) is 5.69 Å². The first-order chi connectivity index (χ1) is 17.1. The van der Waals surface area contributed by atoms with Gasteiger partial charge in [0.2, 0.25) is 0 Å². The van der Waals surface area contributed by atoms with Gasteiger partial charge in [0.1, 0.15) is 11.4 Å². The number of hydrogen-bond donors (Lipinski definition) is 1. The van der Waals surface area contributed by atoms with Crippen LogP contribution in [-0.2, 0) is 11.3 Å². The lowest BCUT2D eigenvalue weighted by molar-refractivity contribution is -0.384. The van der Waals surface area contributed by atoms with E-state index in [0.717, 1.165) is 15.6 Å². The third-order valence-corrected chi connectivity index (χ3v) is 6.35. The molecule has 4 rings (SSSR count). The first-order valence-electron chi connectivity index (χ1n) is 11.7. The molecule has 1 aliphatic heterocycles. The normalized spacial score (nSPS) is 14.5. The molecule has 0 radical (unpaired) electrons. The second-order valence-electron chi connectivity index (χ2n) is 9.70. The standard InChI is InChI=1S/C25H30N6O4S/c1-17-15-26-23(36-17)28-22-13-18(12-21(27-22)19-6-5-7-20(14-19)31(33)34)16-29-8-10-30(11-9-29)24(32)35-25(2,3)4/h5-7,12-15H,8-11,16H2,1-4H3,(H,26,27,28). The van der Waals surface area contributed by atoms with E-state index >= 15 is 0 Å². The molecule has 0 atom stereocenters. The molecule has 0 aliphatic carbocycles. The van der Waals surface area contributed by atoms with Crippen molar-refractivity contribution >= 4 is 34.1 Å². The molecule has 0 saturated carbocycles. The smallest absolute Gasteiger partial charge is 0.410 e. The molecule has 0 spiro atoms. The van der Waals surface area contributed by atoms with Gasteiger partial charge < -0.3 is 15.0 Å². The number of pyridine rings is 1. The van der Waals surface area contributed by atoms with Crippen LogP contribution < -0.4 is 5.32 Å². The molecule has 0 bridgehead atoms. The first kappa shape index (κ1) is 25.5. The number of benzene rings is 1. The van der Waals surface area contributed by atoms with E-state index in [-0.39, 0.29) is 11.8 Å². The van der Waals surface area contributed by atoms with Gasteiger partial charge in [-0.2, -0.15) is 0 Å². The van der Waals surface area contributed by atoms with Gasteiger partial charge in [-0.25, -0.2) is 14.8 Å². The van der Waals surface area contributed by atoms with Crippen molar-refractivity contribution in [2.45, 2.75) is 39.8 Å². The number of non-ortho nitro benzene ring substituents is 1. The number of rotatable bonds is 6. The highest BCUT2D eigenvalue weighted by molar-refractivity contribution is 7.15. The zero-order valence-corrected chi connectivity index (χ0v) is 21.7. The number of nitro benzene ring substituents is 1. The molecule has 1 amide bonds. The van der Waals surface area contributed by atoms with E-state index in [4.69, 9.17) is 9.72 Å². The van der Waals surface area contributed by atoms with Crippen molar-refractivity contribution in [3.63, 3.8) is 0 Å². The van der Waals surface area contributed by atoms with E-state index in [0.29, 0.717) is 49.8 Å². The Morgan fingerprint density at radius 2 is 1.94 bits per heavy atom.